The number of nitrogens with zero attached hydrogens (tertiary/aromatic N) is 2. The van der Waals surface area contributed by atoms with Crippen molar-refractivity contribution in [1.82, 2.24) is 9.80 Å². The van der Waals surface area contributed by atoms with E-state index in [2.05, 4.69) is 4.90 Å². The van der Waals surface area contributed by atoms with Gasteiger partial charge in [0.15, 0.2) is 5.75 Å². The van der Waals surface area contributed by atoms with E-state index in [9.17, 15) is 9.18 Å². The van der Waals surface area contributed by atoms with Crippen molar-refractivity contribution in [1.29, 1.82) is 0 Å². The van der Waals surface area contributed by atoms with Crippen molar-refractivity contribution < 1.29 is 13.9 Å². The van der Waals surface area contributed by atoms with Crippen LogP contribution in [0.2, 0.25) is 10.0 Å². The average Bonchev–Trinajstić information content (AvgIpc) is 2.89. The molecule has 0 spiro atoms. The molecule has 1 saturated heterocycles. The Labute approximate surface area is 168 Å². The fourth-order valence-electron chi connectivity index (χ4n) is 3.10. The smallest absolute Gasteiger partial charge is 0.254 e. The van der Waals surface area contributed by atoms with Crippen molar-refractivity contribution in [2.75, 3.05) is 39.3 Å². The number of carbonyl (C=O) groups excluding carboxylic acids is 1. The van der Waals surface area contributed by atoms with Crippen LogP contribution >= 0.6 is 23.2 Å². The standard InChI is InChI=1S/C20H21Cl2FN2O2/c21-17-6-2-7-18(22)19(17)27-13-12-24-8-3-9-25(11-10-24)20(26)15-4-1-5-16(23)14-15/h1-2,4-7,14H,3,8-13H2. The molecule has 0 unspecified atom stereocenters. The quantitative estimate of drug-likeness (QED) is 0.733. The molecule has 0 saturated carbocycles. The molecule has 4 nitrogen and oxygen atoms in total. The maximum absolute atomic E-state index is 13.4. The Balaban J connectivity index is 1.50. The summed E-state index contributed by atoms with van der Waals surface area (Å²) >= 11 is 12.2. The van der Waals surface area contributed by atoms with E-state index >= 15 is 0 Å². The molecule has 1 aliphatic heterocycles. The van der Waals surface area contributed by atoms with E-state index in [-0.39, 0.29) is 5.91 Å². The van der Waals surface area contributed by atoms with Crippen LogP contribution in [0.3, 0.4) is 0 Å². The lowest BCUT2D eigenvalue weighted by Gasteiger charge is -2.22. The summed E-state index contributed by atoms with van der Waals surface area (Å²) in [7, 11) is 0. The van der Waals surface area contributed by atoms with Gasteiger partial charge in [-0.25, -0.2) is 4.39 Å². The second kappa shape index (κ2) is 9.40. The minimum absolute atomic E-state index is 0.129. The molecular weight excluding hydrogens is 390 g/mol. The number of hydrogen-bond acceptors (Lipinski definition) is 3. The lowest BCUT2D eigenvalue weighted by atomic mass is 10.2. The topological polar surface area (TPSA) is 32.8 Å². The van der Waals surface area contributed by atoms with E-state index in [1.165, 1.54) is 12.1 Å². The third kappa shape index (κ3) is 5.34. The van der Waals surface area contributed by atoms with Gasteiger partial charge in [0.2, 0.25) is 0 Å². The predicted molar refractivity (Wildman–Crippen MR) is 105 cm³/mol. The zero-order valence-corrected chi connectivity index (χ0v) is 16.3. The van der Waals surface area contributed by atoms with Crippen molar-refractivity contribution in [3.63, 3.8) is 0 Å². The number of amides is 1. The molecule has 1 amide bonds. The molecule has 3 rings (SSSR count). The molecule has 27 heavy (non-hydrogen) atoms. The van der Waals surface area contributed by atoms with E-state index in [0.29, 0.717) is 47.6 Å². The Morgan fingerprint density at radius 2 is 1.78 bits per heavy atom. The van der Waals surface area contributed by atoms with E-state index in [1.54, 1.807) is 35.2 Å². The fourth-order valence-corrected chi connectivity index (χ4v) is 3.61. The van der Waals surface area contributed by atoms with Gasteiger partial charge < -0.3 is 9.64 Å². The van der Waals surface area contributed by atoms with Gasteiger partial charge in [0, 0.05) is 38.3 Å². The van der Waals surface area contributed by atoms with Crippen LogP contribution in [0.5, 0.6) is 5.75 Å². The largest absolute Gasteiger partial charge is 0.489 e. The molecule has 0 atom stereocenters. The lowest BCUT2D eigenvalue weighted by Crippen LogP contribution is -2.36. The maximum Gasteiger partial charge on any atom is 0.254 e. The number of carbonyl (C=O) groups is 1. The van der Waals surface area contributed by atoms with Gasteiger partial charge in [0.25, 0.3) is 5.91 Å². The van der Waals surface area contributed by atoms with Crippen molar-refractivity contribution in [2.45, 2.75) is 6.42 Å². The van der Waals surface area contributed by atoms with E-state index in [4.69, 9.17) is 27.9 Å². The highest BCUT2D eigenvalue weighted by molar-refractivity contribution is 6.37. The molecular formula is C20H21Cl2FN2O2. The number of hydrogen-bond donors (Lipinski definition) is 0. The number of rotatable bonds is 5. The molecule has 1 heterocycles. The summed E-state index contributed by atoms with van der Waals surface area (Å²) in [5, 5.41) is 0.982. The van der Waals surface area contributed by atoms with Gasteiger partial charge in [-0.15, -0.1) is 0 Å². The first-order valence-electron chi connectivity index (χ1n) is 8.88. The summed E-state index contributed by atoms with van der Waals surface area (Å²) in [4.78, 5) is 16.6. The molecule has 0 aromatic heterocycles. The van der Waals surface area contributed by atoms with Gasteiger partial charge in [-0.05, 0) is 36.8 Å². The molecule has 1 fully saturated rings. The second-order valence-corrected chi connectivity index (χ2v) is 7.21. The Morgan fingerprint density at radius 3 is 2.52 bits per heavy atom. The molecule has 1 aliphatic rings. The van der Waals surface area contributed by atoms with Gasteiger partial charge >= 0.3 is 0 Å². The van der Waals surface area contributed by atoms with Crippen molar-refractivity contribution >= 4 is 29.1 Å². The van der Waals surface area contributed by atoms with Crippen LogP contribution in [0.25, 0.3) is 0 Å². The first-order chi connectivity index (χ1) is 13.0. The Morgan fingerprint density at radius 1 is 1.04 bits per heavy atom. The van der Waals surface area contributed by atoms with Crippen LogP contribution in [0.4, 0.5) is 4.39 Å². The monoisotopic (exact) mass is 410 g/mol. The average molecular weight is 411 g/mol. The van der Waals surface area contributed by atoms with Gasteiger partial charge in [-0.3, -0.25) is 9.69 Å². The fraction of sp³-hybridized carbons (Fsp3) is 0.350. The molecule has 0 N–H and O–H groups in total. The summed E-state index contributed by atoms with van der Waals surface area (Å²) in [6.07, 6.45) is 0.855. The highest BCUT2D eigenvalue weighted by Crippen LogP contribution is 2.32. The molecule has 0 bridgehead atoms. The minimum atomic E-state index is -0.396. The van der Waals surface area contributed by atoms with Gasteiger partial charge in [-0.1, -0.05) is 35.3 Å². The van der Waals surface area contributed by atoms with Gasteiger partial charge in [0.1, 0.15) is 12.4 Å². The Hall–Kier alpha value is -1.82. The van der Waals surface area contributed by atoms with Crippen LogP contribution < -0.4 is 4.74 Å². The Kier molecular flexibility index (Phi) is 6.94. The predicted octanol–water partition coefficient (Wildman–Crippen LogP) is 4.36. The molecule has 2 aromatic carbocycles. The van der Waals surface area contributed by atoms with Gasteiger partial charge in [-0.2, -0.15) is 0 Å². The molecule has 144 valence electrons. The first-order valence-corrected chi connectivity index (χ1v) is 9.64. The number of benzene rings is 2. The molecule has 0 radical (unpaired) electrons. The van der Waals surface area contributed by atoms with Gasteiger partial charge in [0.05, 0.1) is 10.0 Å². The van der Waals surface area contributed by atoms with E-state index in [0.717, 1.165) is 19.5 Å². The summed E-state index contributed by atoms with van der Waals surface area (Å²) < 4.78 is 19.1. The van der Waals surface area contributed by atoms with E-state index < -0.39 is 5.82 Å². The Bertz CT molecular complexity index is 783. The number of halogens is 3. The molecule has 2 aromatic rings. The summed E-state index contributed by atoms with van der Waals surface area (Å²) in [6, 6.07) is 11.1. The van der Waals surface area contributed by atoms with E-state index in [1.807, 2.05) is 0 Å². The zero-order chi connectivity index (χ0) is 19.2. The van der Waals surface area contributed by atoms with Crippen LogP contribution in [0, 0.1) is 5.82 Å². The third-order valence-electron chi connectivity index (χ3n) is 4.52. The van der Waals surface area contributed by atoms with Crippen molar-refractivity contribution in [3.05, 3.63) is 63.9 Å². The number of ether oxygens (including phenoxy) is 1. The van der Waals surface area contributed by atoms with Crippen LogP contribution in [0.15, 0.2) is 42.5 Å². The normalized spacial score (nSPS) is 15.4. The SMILES string of the molecule is O=C(c1cccc(F)c1)N1CCCN(CCOc2c(Cl)cccc2Cl)CC1. The third-order valence-corrected chi connectivity index (χ3v) is 5.12. The highest BCUT2D eigenvalue weighted by Gasteiger charge is 2.20. The lowest BCUT2D eigenvalue weighted by molar-refractivity contribution is 0.0760. The molecule has 0 aliphatic carbocycles. The highest BCUT2D eigenvalue weighted by atomic mass is 35.5. The van der Waals surface area contributed by atoms with Crippen molar-refractivity contribution in [2.24, 2.45) is 0 Å². The summed E-state index contributed by atoms with van der Waals surface area (Å²) in [6.45, 7) is 4.03. The summed E-state index contributed by atoms with van der Waals surface area (Å²) in [5.41, 5.74) is 0.389. The maximum atomic E-state index is 13.4. The summed E-state index contributed by atoms with van der Waals surface area (Å²) in [5.74, 6) is -0.0262. The number of para-hydroxylation sites is 1. The first kappa shape index (κ1) is 19.9. The van der Waals surface area contributed by atoms with Crippen LogP contribution in [-0.4, -0.2) is 55.0 Å². The minimum Gasteiger partial charge on any atom is -0.489 e. The zero-order valence-electron chi connectivity index (χ0n) is 14.8. The van der Waals surface area contributed by atoms with Crippen LogP contribution in [-0.2, 0) is 0 Å². The molecule has 7 heteroatoms. The second-order valence-electron chi connectivity index (χ2n) is 6.40. The van der Waals surface area contributed by atoms with Crippen LogP contribution in [0.1, 0.15) is 16.8 Å². The van der Waals surface area contributed by atoms with Crippen molar-refractivity contribution in [3.8, 4) is 5.75 Å².